The summed E-state index contributed by atoms with van der Waals surface area (Å²) in [6, 6.07) is 9.31. The van der Waals surface area contributed by atoms with Gasteiger partial charge in [0.25, 0.3) is 0 Å². The lowest BCUT2D eigenvalue weighted by Crippen LogP contribution is -2.63. The molecule has 8 aliphatic carbocycles. The van der Waals surface area contributed by atoms with Crippen LogP contribution in [0.2, 0.25) is 0 Å². The van der Waals surface area contributed by atoms with Crippen LogP contribution in [0.25, 0.3) is 0 Å². The van der Waals surface area contributed by atoms with Gasteiger partial charge in [0.1, 0.15) is 5.75 Å². The second-order valence-corrected chi connectivity index (χ2v) is 12.4. The van der Waals surface area contributed by atoms with Crippen LogP contribution in [-0.2, 0) is 5.41 Å². The van der Waals surface area contributed by atoms with Crippen LogP contribution in [0.15, 0.2) is 24.3 Å². The molecule has 0 N–H and O–H groups in total. The van der Waals surface area contributed by atoms with E-state index in [-0.39, 0.29) is 0 Å². The molecule has 2 atom stereocenters. The maximum Gasteiger partial charge on any atom is 0.118 e. The van der Waals surface area contributed by atoms with Gasteiger partial charge in [-0.15, -0.1) is 0 Å². The molecule has 1 aromatic rings. The summed E-state index contributed by atoms with van der Waals surface area (Å²) in [5, 5.41) is 0. The van der Waals surface area contributed by atoms with Gasteiger partial charge in [0.05, 0.1) is 7.11 Å². The van der Waals surface area contributed by atoms with E-state index in [9.17, 15) is 0 Å². The van der Waals surface area contributed by atoms with Crippen molar-refractivity contribution in [3.63, 3.8) is 0 Å². The molecule has 1 nitrogen and oxygen atoms in total. The molecule has 0 aromatic heterocycles. The largest absolute Gasteiger partial charge is 0.497 e. The highest BCUT2D eigenvalue weighted by Crippen LogP contribution is 2.77. The highest BCUT2D eigenvalue weighted by atomic mass is 16.5. The monoisotopic (exact) mass is 376 g/mol. The lowest BCUT2D eigenvalue weighted by atomic mass is 9.32. The topological polar surface area (TPSA) is 9.23 Å². The lowest BCUT2D eigenvalue weighted by Gasteiger charge is -2.72. The van der Waals surface area contributed by atoms with Gasteiger partial charge < -0.3 is 4.74 Å². The molecule has 0 amide bonds. The molecular formula is C27H36O. The van der Waals surface area contributed by atoms with E-state index in [4.69, 9.17) is 4.74 Å². The number of rotatable bonds is 3. The zero-order valence-electron chi connectivity index (χ0n) is 17.6. The quantitative estimate of drug-likeness (QED) is 0.567. The van der Waals surface area contributed by atoms with Gasteiger partial charge in [0.15, 0.2) is 0 Å². The lowest BCUT2D eigenvalue weighted by molar-refractivity contribution is -0.205. The third-order valence-electron chi connectivity index (χ3n) is 10.9. The Morgan fingerprint density at radius 1 is 0.643 bits per heavy atom. The van der Waals surface area contributed by atoms with Gasteiger partial charge in [0, 0.05) is 0 Å². The minimum absolute atomic E-state index is 0.486. The highest BCUT2D eigenvalue weighted by molar-refractivity contribution is 5.36. The van der Waals surface area contributed by atoms with E-state index < -0.39 is 0 Å². The summed E-state index contributed by atoms with van der Waals surface area (Å²) in [7, 11) is 1.79. The first-order valence-corrected chi connectivity index (χ1v) is 12.2. The van der Waals surface area contributed by atoms with Crippen LogP contribution < -0.4 is 4.74 Å². The molecule has 8 aliphatic rings. The Balaban J connectivity index is 1.31. The van der Waals surface area contributed by atoms with Crippen molar-refractivity contribution in [3.05, 3.63) is 29.8 Å². The van der Waals surface area contributed by atoms with Crippen molar-refractivity contribution in [1.29, 1.82) is 0 Å². The summed E-state index contributed by atoms with van der Waals surface area (Å²) in [6.45, 7) is 0. The molecule has 0 aliphatic heterocycles. The van der Waals surface area contributed by atoms with Crippen LogP contribution in [0.4, 0.5) is 0 Å². The van der Waals surface area contributed by atoms with Gasteiger partial charge >= 0.3 is 0 Å². The first-order valence-electron chi connectivity index (χ1n) is 12.2. The number of ether oxygens (including phenoxy) is 1. The number of methoxy groups -OCH3 is 1. The predicted molar refractivity (Wildman–Crippen MR) is 112 cm³/mol. The molecule has 9 rings (SSSR count). The minimum Gasteiger partial charge on any atom is -0.497 e. The molecule has 8 saturated carbocycles. The molecule has 0 radical (unpaired) electrons. The molecular weight excluding hydrogens is 340 g/mol. The van der Waals surface area contributed by atoms with Crippen molar-refractivity contribution in [2.45, 2.75) is 82.5 Å². The van der Waals surface area contributed by atoms with Gasteiger partial charge in [-0.2, -0.15) is 0 Å². The number of hydrogen-bond donors (Lipinski definition) is 0. The van der Waals surface area contributed by atoms with E-state index >= 15 is 0 Å². The fourth-order valence-corrected chi connectivity index (χ4v) is 10.9. The molecule has 8 bridgehead atoms. The summed E-state index contributed by atoms with van der Waals surface area (Å²) in [5.74, 6) is 6.32. The number of benzene rings is 1. The number of hydrogen-bond acceptors (Lipinski definition) is 1. The summed E-state index contributed by atoms with van der Waals surface area (Å²) in [6.07, 6.45) is 18.8. The third kappa shape index (κ3) is 2.09. The fourth-order valence-electron chi connectivity index (χ4n) is 10.9. The van der Waals surface area contributed by atoms with Crippen LogP contribution >= 0.6 is 0 Å². The van der Waals surface area contributed by atoms with Crippen LogP contribution in [0, 0.1) is 40.4 Å². The van der Waals surface area contributed by atoms with Gasteiger partial charge in [-0.3, -0.25) is 0 Å². The van der Waals surface area contributed by atoms with Crippen molar-refractivity contribution >= 4 is 0 Å². The molecule has 28 heavy (non-hydrogen) atoms. The SMILES string of the molecule is COc1ccc(C23CC4CC(C2)CC(C25CC6CC(CC(C6)C2)C5)(C4)C3)cc1. The van der Waals surface area contributed by atoms with Crippen molar-refractivity contribution < 1.29 is 4.74 Å². The Morgan fingerprint density at radius 2 is 1.14 bits per heavy atom. The van der Waals surface area contributed by atoms with Crippen molar-refractivity contribution in [2.24, 2.45) is 40.4 Å². The Morgan fingerprint density at radius 3 is 1.68 bits per heavy atom. The van der Waals surface area contributed by atoms with E-state index in [2.05, 4.69) is 24.3 Å². The minimum atomic E-state index is 0.486. The standard InChI is InChI=1S/C27H36O/c1-28-24-4-2-23(3-5-24)25-10-21-9-22(11-25)16-27(15-21,17-25)26-12-18-6-19(13-26)8-20(7-18)14-26/h2-5,18-22H,6-17H2,1H3. The Bertz CT molecular complexity index is 740. The van der Waals surface area contributed by atoms with Gasteiger partial charge in [-0.05, 0) is 141 Å². The van der Waals surface area contributed by atoms with E-state index in [1.54, 1.807) is 70.5 Å². The first-order chi connectivity index (χ1) is 13.6. The average Bonchev–Trinajstić information content (AvgIpc) is 2.66. The second kappa shape index (κ2) is 5.38. The van der Waals surface area contributed by atoms with Crippen LogP contribution in [0.1, 0.15) is 82.6 Å². The molecule has 0 saturated heterocycles. The first kappa shape index (κ1) is 16.8. The van der Waals surface area contributed by atoms with Crippen molar-refractivity contribution in [3.8, 4) is 5.75 Å². The fraction of sp³-hybridized carbons (Fsp3) is 0.778. The van der Waals surface area contributed by atoms with Crippen LogP contribution in [-0.4, -0.2) is 7.11 Å². The van der Waals surface area contributed by atoms with Crippen LogP contribution in [0.3, 0.4) is 0 Å². The Labute approximate surface area is 170 Å². The molecule has 0 heterocycles. The highest BCUT2D eigenvalue weighted by Gasteiger charge is 2.67. The molecule has 150 valence electrons. The maximum atomic E-state index is 5.47. The zero-order valence-corrected chi connectivity index (χ0v) is 17.6. The normalized spacial score (nSPS) is 53.0. The molecule has 1 aromatic carbocycles. The van der Waals surface area contributed by atoms with E-state index in [0.29, 0.717) is 10.8 Å². The summed E-state index contributed by atoms with van der Waals surface area (Å²) >= 11 is 0. The maximum absolute atomic E-state index is 5.47. The van der Waals surface area contributed by atoms with Gasteiger partial charge in [0.2, 0.25) is 0 Å². The zero-order chi connectivity index (χ0) is 18.6. The Kier molecular flexibility index (Phi) is 3.22. The molecule has 1 heteroatoms. The van der Waals surface area contributed by atoms with Gasteiger partial charge in [-0.1, -0.05) is 12.1 Å². The molecule has 2 unspecified atom stereocenters. The van der Waals surface area contributed by atoms with Crippen molar-refractivity contribution in [1.82, 2.24) is 0 Å². The summed E-state index contributed by atoms with van der Waals surface area (Å²) in [5.41, 5.74) is 3.56. The Hall–Kier alpha value is -0.980. The molecule has 8 fully saturated rings. The van der Waals surface area contributed by atoms with Crippen LogP contribution in [0.5, 0.6) is 5.75 Å². The molecule has 0 spiro atoms. The summed E-state index contributed by atoms with van der Waals surface area (Å²) < 4.78 is 5.47. The smallest absolute Gasteiger partial charge is 0.118 e. The predicted octanol–water partition coefficient (Wildman–Crippen LogP) is 6.75. The second-order valence-electron chi connectivity index (χ2n) is 12.4. The van der Waals surface area contributed by atoms with Crippen molar-refractivity contribution in [2.75, 3.05) is 7.11 Å². The average molecular weight is 377 g/mol. The van der Waals surface area contributed by atoms with E-state index in [1.807, 2.05) is 0 Å². The van der Waals surface area contributed by atoms with E-state index in [1.165, 1.54) is 19.3 Å². The van der Waals surface area contributed by atoms with Gasteiger partial charge in [-0.25, -0.2) is 0 Å². The summed E-state index contributed by atoms with van der Waals surface area (Å²) in [4.78, 5) is 0. The van der Waals surface area contributed by atoms with E-state index in [0.717, 1.165) is 40.8 Å². The third-order valence-corrected chi connectivity index (χ3v) is 10.9.